The predicted octanol–water partition coefficient (Wildman–Crippen LogP) is 4.82. The molecular formula is C25H26N2O3S. The van der Waals surface area contributed by atoms with E-state index in [1.807, 2.05) is 50.2 Å². The van der Waals surface area contributed by atoms with Gasteiger partial charge in [0, 0.05) is 17.8 Å². The maximum Gasteiger partial charge on any atom is 0.261 e. The van der Waals surface area contributed by atoms with Crippen LogP contribution in [0.15, 0.2) is 71.6 Å². The molecule has 1 amide bonds. The lowest BCUT2D eigenvalue weighted by molar-refractivity contribution is 0.0989. The highest BCUT2D eigenvalue weighted by Gasteiger charge is 2.27. The Morgan fingerprint density at radius 3 is 2.26 bits per heavy atom. The summed E-state index contributed by atoms with van der Waals surface area (Å²) in [5, 5.41) is 0. The van der Waals surface area contributed by atoms with E-state index in [1.54, 1.807) is 35.2 Å². The number of nitrogens with one attached hydrogen (secondary N) is 1. The molecule has 0 atom stereocenters. The van der Waals surface area contributed by atoms with Gasteiger partial charge in [0.2, 0.25) is 0 Å². The minimum atomic E-state index is -3.74. The molecule has 3 aromatic carbocycles. The molecule has 4 rings (SSSR count). The number of nitrogens with zero attached hydrogens (tertiary/aromatic N) is 1. The number of fused-ring (bicyclic) bond motifs is 1. The Kier molecular flexibility index (Phi) is 5.83. The van der Waals surface area contributed by atoms with Crippen molar-refractivity contribution in [1.29, 1.82) is 0 Å². The first-order valence-corrected chi connectivity index (χ1v) is 12.1. The molecule has 0 aliphatic carbocycles. The lowest BCUT2D eigenvalue weighted by atomic mass is 10.0. The molecule has 3 aromatic rings. The summed E-state index contributed by atoms with van der Waals surface area (Å²) in [6, 6.07) is 20.0. The van der Waals surface area contributed by atoms with Crippen LogP contribution in [0.2, 0.25) is 0 Å². The van der Waals surface area contributed by atoms with Gasteiger partial charge < -0.3 is 4.90 Å². The van der Waals surface area contributed by atoms with Crippen LogP contribution >= 0.6 is 0 Å². The molecule has 31 heavy (non-hydrogen) atoms. The molecule has 1 aliphatic rings. The first-order chi connectivity index (χ1) is 14.9. The number of benzene rings is 3. The van der Waals surface area contributed by atoms with Crippen molar-refractivity contribution in [3.8, 4) is 0 Å². The Labute approximate surface area is 183 Å². The van der Waals surface area contributed by atoms with E-state index >= 15 is 0 Å². The van der Waals surface area contributed by atoms with Crippen molar-refractivity contribution in [3.05, 3.63) is 89.0 Å². The van der Waals surface area contributed by atoms with Crippen molar-refractivity contribution < 1.29 is 13.2 Å². The molecule has 0 saturated heterocycles. The van der Waals surface area contributed by atoms with Gasteiger partial charge in [0.1, 0.15) is 0 Å². The summed E-state index contributed by atoms with van der Waals surface area (Å²) in [7, 11) is -3.74. The van der Waals surface area contributed by atoms with Crippen LogP contribution in [0.1, 0.15) is 40.9 Å². The van der Waals surface area contributed by atoms with Gasteiger partial charge in [-0.05, 0) is 66.3 Å². The highest BCUT2D eigenvalue weighted by Crippen LogP contribution is 2.33. The number of rotatable bonds is 6. The van der Waals surface area contributed by atoms with Crippen LogP contribution in [-0.2, 0) is 29.3 Å². The van der Waals surface area contributed by atoms with Crippen molar-refractivity contribution in [2.45, 2.75) is 38.0 Å². The number of para-hydroxylation sites is 1. The van der Waals surface area contributed by atoms with Gasteiger partial charge >= 0.3 is 0 Å². The number of sulfonamides is 1. The molecule has 0 radical (unpaired) electrons. The molecule has 1 aliphatic heterocycles. The van der Waals surface area contributed by atoms with Gasteiger partial charge in [-0.25, -0.2) is 8.42 Å². The summed E-state index contributed by atoms with van der Waals surface area (Å²) in [5.74, 6) is -0.0717. The Morgan fingerprint density at radius 2 is 1.61 bits per heavy atom. The average molecular weight is 435 g/mol. The third-order valence-corrected chi connectivity index (χ3v) is 7.11. The van der Waals surface area contributed by atoms with Crippen molar-refractivity contribution in [2.75, 3.05) is 16.2 Å². The van der Waals surface area contributed by atoms with E-state index in [4.69, 9.17) is 0 Å². The van der Waals surface area contributed by atoms with E-state index in [9.17, 15) is 13.2 Å². The summed E-state index contributed by atoms with van der Waals surface area (Å²) < 4.78 is 29.2. The van der Waals surface area contributed by atoms with Crippen molar-refractivity contribution in [3.63, 3.8) is 0 Å². The van der Waals surface area contributed by atoms with Gasteiger partial charge in [0.25, 0.3) is 15.9 Å². The topological polar surface area (TPSA) is 66.5 Å². The van der Waals surface area contributed by atoms with Crippen LogP contribution in [0.3, 0.4) is 0 Å². The molecule has 6 heteroatoms. The fraction of sp³-hybridized carbons (Fsp3) is 0.240. The fourth-order valence-corrected chi connectivity index (χ4v) is 5.25. The molecular weight excluding hydrogens is 408 g/mol. The third-order valence-electron chi connectivity index (χ3n) is 5.76. The number of hydrogen-bond acceptors (Lipinski definition) is 3. The Hall–Kier alpha value is -3.12. The zero-order valence-corrected chi connectivity index (χ0v) is 18.6. The Balaban J connectivity index is 1.64. The van der Waals surface area contributed by atoms with E-state index in [-0.39, 0.29) is 10.8 Å². The molecule has 0 fully saturated rings. The number of carbonyl (C=O) groups excluding carboxylic acids is 1. The monoisotopic (exact) mass is 434 g/mol. The molecule has 0 bridgehead atoms. The van der Waals surface area contributed by atoms with Gasteiger partial charge in [0.15, 0.2) is 0 Å². The zero-order valence-electron chi connectivity index (χ0n) is 17.8. The normalized spacial score (nSPS) is 13.2. The predicted molar refractivity (Wildman–Crippen MR) is 124 cm³/mol. The van der Waals surface area contributed by atoms with Gasteiger partial charge in [0.05, 0.1) is 10.6 Å². The second kappa shape index (κ2) is 8.55. The molecule has 160 valence electrons. The SMILES string of the molecule is CCc1cccc(CC)c1NS(=O)(=O)c1ccc2c(c1)CCN2C(=O)c1ccccc1. The second-order valence-electron chi connectivity index (χ2n) is 7.63. The average Bonchev–Trinajstić information content (AvgIpc) is 3.22. The fourth-order valence-electron chi connectivity index (χ4n) is 4.06. The van der Waals surface area contributed by atoms with Crippen molar-refractivity contribution >= 4 is 27.3 Å². The van der Waals surface area contributed by atoms with Gasteiger partial charge in [-0.3, -0.25) is 9.52 Å². The first kappa shape index (κ1) is 21.1. The van der Waals surface area contributed by atoms with Crippen LogP contribution < -0.4 is 9.62 Å². The largest absolute Gasteiger partial charge is 0.308 e. The first-order valence-electron chi connectivity index (χ1n) is 10.6. The molecule has 0 aromatic heterocycles. The minimum Gasteiger partial charge on any atom is -0.308 e. The third kappa shape index (κ3) is 4.08. The molecule has 0 saturated carbocycles. The van der Waals surface area contributed by atoms with Crippen LogP contribution in [0.4, 0.5) is 11.4 Å². The number of hydrogen-bond donors (Lipinski definition) is 1. The second-order valence-corrected chi connectivity index (χ2v) is 9.31. The number of anilines is 2. The molecule has 0 unspecified atom stereocenters. The minimum absolute atomic E-state index is 0.0717. The van der Waals surface area contributed by atoms with Gasteiger partial charge in [-0.1, -0.05) is 50.2 Å². The summed E-state index contributed by atoms with van der Waals surface area (Å²) in [6.45, 7) is 4.57. The van der Waals surface area contributed by atoms with Gasteiger partial charge in [-0.15, -0.1) is 0 Å². The van der Waals surface area contributed by atoms with E-state index in [0.717, 1.165) is 35.2 Å². The van der Waals surface area contributed by atoms with E-state index in [0.29, 0.717) is 24.2 Å². The van der Waals surface area contributed by atoms with Crippen LogP contribution in [0.25, 0.3) is 0 Å². The molecule has 1 heterocycles. The van der Waals surface area contributed by atoms with E-state index in [1.165, 1.54) is 0 Å². The number of amides is 1. The lowest BCUT2D eigenvalue weighted by Crippen LogP contribution is -2.28. The smallest absolute Gasteiger partial charge is 0.261 e. The number of aryl methyl sites for hydroxylation is 2. The van der Waals surface area contributed by atoms with Gasteiger partial charge in [-0.2, -0.15) is 0 Å². The molecule has 1 N–H and O–H groups in total. The summed E-state index contributed by atoms with van der Waals surface area (Å²) in [6.07, 6.45) is 2.11. The summed E-state index contributed by atoms with van der Waals surface area (Å²) >= 11 is 0. The van der Waals surface area contributed by atoms with Crippen LogP contribution in [0, 0.1) is 0 Å². The van der Waals surface area contributed by atoms with Crippen LogP contribution in [-0.4, -0.2) is 20.9 Å². The van der Waals surface area contributed by atoms with Crippen molar-refractivity contribution in [1.82, 2.24) is 0 Å². The quantitative estimate of drug-likeness (QED) is 0.605. The maximum atomic E-state index is 13.2. The Bertz CT molecular complexity index is 1200. The van der Waals surface area contributed by atoms with Crippen molar-refractivity contribution in [2.24, 2.45) is 0 Å². The zero-order chi connectivity index (χ0) is 22.0. The Morgan fingerprint density at radius 1 is 0.935 bits per heavy atom. The standard InChI is InChI=1S/C25H26N2O3S/c1-3-18-11-8-12-19(4-2)24(18)26-31(29,30)22-13-14-23-21(17-22)15-16-27(23)25(28)20-9-6-5-7-10-20/h5-14,17,26H,3-4,15-16H2,1-2H3. The summed E-state index contributed by atoms with van der Waals surface area (Å²) in [5.41, 5.74) is 4.89. The maximum absolute atomic E-state index is 13.2. The highest BCUT2D eigenvalue weighted by molar-refractivity contribution is 7.92. The lowest BCUT2D eigenvalue weighted by Gasteiger charge is -2.18. The van der Waals surface area contributed by atoms with Crippen LogP contribution in [0.5, 0.6) is 0 Å². The molecule has 5 nitrogen and oxygen atoms in total. The van der Waals surface area contributed by atoms with E-state index in [2.05, 4.69) is 4.72 Å². The molecule has 0 spiro atoms. The number of carbonyl (C=O) groups is 1. The van der Waals surface area contributed by atoms with E-state index < -0.39 is 10.0 Å². The highest BCUT2D eigenvalue weighted by atomic mass is 32.2. The summed E-state index contributed by atoms with van der Waals surface area (Å²) in [4.78, 5) is 14.8.